The van der Waals surface area contributed by atoms with Crippen molar-refractivity contribution in [1.29, 1.82) is 0 Å². The van der Waals surface area contributed by atoms with E-state index in [2.05, 4.69) is 52.1 Å². The van der Waals surface area contributed by atoms with Gasteiger partial charge in [0.15, 0.2) is 5.76 Å². The molecule has 1 fully saturated rings. The number of alkyl carbamates (subject to hydrolysis) is 1. The summed E-state index contributed by atoms with van der Waals surface area (Å²) in [4.78, 5) is 27.0. The molecule has 6 nitrogen and oxygen atoms in total. The Morgan fingerprint density at radius 3 is 2.22 bits per heavy atom. The number of benzene rings is 1. The van der Waals surface area contributed by atoms with Crippen LogP contribution in [0.15, 0.2) is 28.7 Å². The highest BCUT2D eigenvalue weighted by atomic mass is 16.6. The van der Waals surface area contributed by atoms with E-state index in [9.17, 15) is 9.59 Å². The Balaban J connectivity index is 1.39. The molecule has 0 spiro atoms. The van der Waals surface area contributed by atoms with Crippen LogP contribution in [0.3, 0.4) is 0 Å². The summed E-state index contributed by atoms with van der Waals surface area (Å²) in [5, 5.41) is 2.92. The van der Waals surface area contributed by atoms with Crippen molar-refractivity contribution in [2.45, 2.75) is 110 Å². The van der Waals surface area contributed by atoms with E-state index in [1.165, 1.54) is 35.1 Å². The highest BCUT2D eigenvalue weighted by molar-refractivity contribution is 5.91. The quantitative estimate of drug-likeness (QED) is 0.501. The highest BCUT2D eigenvalue weighted by Crippen LogP contribution is 2.46. The summed E-state index contributed by atoms with van der Waals surface area (Å²) in [6, 6.07) is 8.47. The standard InChI is InChI=1S/C31H44N2O4/c1-20-17-24-25(31(7,8)14-13-30(24,5)6)19-21(20)18-23-9-10-26(36-23)27(34)33-15-11-22(12-16-33)32-28(35)37-29(2,3)4/h9-10,17,19,22H,11-16,18H2,1-8H3,(H,32,35). The van der Waals surface area contributed by atoms with E-state index < -0.39 is 11.7 Å². The van der Waals surface area contributed by atoms with Crippen LogP contribution in [-0.2, 0) is 22.0 Å². The van der Waals surface area contributed by atoms with Crippen LogP contribution in [-0.4, -0.2) is 41.6 Å². The number of amides is 2. The maximum Gasteiger partial charge on any atom is 0.407 e. The highest BCUT2D eigenvalue weighted by Gasteiger charge is 2.37. The number of rotatable bonds is 4. The van der Waals surface area contributed by atoms with E-state index >= 15 is 0 Å². The van der Waals surface area contributed by atoms with Gasteiger partial charge in [-0.05, 0) is 98.6 Å². The lowest BCUT2D eigenvalue weighted by atomic mass is 9.62. The molecule has 1 aliphatic carbocycles. The van der Waals surface area contributed by atoms with Crippen LogP contribution in [0.1, 0.15) is 113 Å². The Morgan fingerprint density at radius 2 is 1.62 bits per heavy atom. The number of nitrogens with zero attached hydrogens (tertiary/aromatic N) is 1. The van der Waals surface area contributed by atoms with E-state index in [1.54, 1.807) is 6.07 Å². The molecule has 1 saturated heterocycles. The molecule has 1 aromatic carbocycles. The number of likely N-dealkylation sites (tertiary alicyclic amines) is 1. The predicted octanol–water partition coefficient (Wildman–Crippen LogP) is 6.66. The van der Waals surface area contributed by atoms with Crippen LogP contribution < -0.4 is 5.32 Å². The molecule has 2 heterocycles. The van der Waals surface area contributed by atoms with Crippen LogP contribution in [0, 0.1) is 6.92 Å². The second kappa shape index (κ2) is 9.85. The predicted molar refractivity (Wildman–Crippen MR) is 146 cm³/mol. The minimum Gasteiger partial charge on any atom is -0.456 e. The third-order valence-electron chi connectivity index (χ3n) is 8.05. The van der Waals surface area contributed by atoms with Crippen molar-refractivity contribution in [3.8, 4) is 0 Å². The van der Waals surface area contributed by atoms with Gasteiger partial charge >= 0.3 is 6.09 Å². The first-order chi connectivity index (χ1) is 17.1. The molecule has 4 rings (SSSR count). The number of carbonyl (C=O) groups is 2. The number of furan rings is 1. The molecule has 37 heavy (non-hydrogen) atoms. The minimum atomic E-state index is -0.526. The van der Waals surface area contributed by atoms with Crippen LogP contribution in [0.2, 0.25) is 0 Å². The normalized spacial score (nSPS) is 19.3. The SMILES string of the molecule is Cc1cc2c(cc1Cc1ccc(C(=O)N3CCC(NC(=O)OC(C)(C)C)CC3)o1)C(C)(C)CCC2(C)C. The summed E-state index contributed by atoms with van der Waals surface area (Å²) in [7, 11) is 0. The van der Waals surface area contributed by atoms with Crippen molar-refractivity contribution >= 4 is 12.0 Å². The molecule has 202 valence electrons. The summed E-state index contributed by atoms with van der Waals surface area (Å²) in [5.74, 6) is 1.10. The van der Waals surface area contributed by atoms with Gasteiger partial charge < -0.3 is 19.4 Å². The van der Waals surface area contributed by atoms with Crippen molar-refractivity contribution in [1.82, 2.24) is 10.2 Å². The molecular formula is C31H44N2O4. The molecule has 0 radical (unpaired) electrons. The molecule has 0 unspecified atom stereocenters. The van der Waals surface area contributed by atoms with Gasteiger partial charge in [-0.1, -0.05) is 39.8 Å². The lowest BCUT2D eigenvalue weighted by Gasteiger charge is -2.42. The summed E-state index contributed by atoms with van der Waals surface area (Å²) in [6.07, 6.45) is 4.03. The average Bonchev–Trinajstić information content (AvgIpc) is 3.25. The lowest BCUT2D eigenvalue weighted by molar-refractivity contribution is 0.0470. The monoisotopic (exact) mass is 508 g/mol. The molecule has 0 saturated carbocycles. The summed E-state index contributed by atoms with van der Waals surface area (Å²) >= 11 is 0. The molecule has 1 aromatic heterocycles. The Hall–Kier alpha value is -2.76. The number of fused-ring (bicyclic) bond motifs is 1. The Labute approximate surface area is 222 Å². The molecule has 1 N–H and O–H groups in total. The van der Waals surface area contributed by atoms with Crippen LogP contribution in [0.25, 0.3) is 0 Å². The fourth-order valence-corrected chi connectivity index (χ4v) is 5.59. The van der Waals surface area contributed by atoms with E-state index in [0.29, 0.717) is 38.1 Å². The number of hydrogen-bond donors (Lipinski definition) is 1. The van der Waals surface area contributed by atoms with Gasteiger partial charge in [0.2, 0.25) is 0 Å². The van der Waals surface area contributed by atoms with Crippen molar-refractivity contribution < 1.29 is 18.7 Å². The number of aryl methyl sites for hydroxylation is 1. The molecule has 0 bridgehead atoms. The van der Waals surface area contributed by atoms with E-state index in [1.807, 2.05) is 31.7 Å². The third kappa shape index (κ3) is 6.22. The van der Waals surface area contributed by atoms with Crippen molar-refractivity contribution in [3.05, 3.63) is 58.0 Å². The first-order valence-electron chi connectivity index (χ1n) is 13.7. The number of nitrogens with one attached hydrogen (secondary N) is 1. The van der Waals surface area contributed by atoms with Gasteiger partial charge in [-0.3, -0.25) is 4.79 Å². The van der Waals surface area contributed by atoms with Crippen molar-refractivity contribution in [2.24, 2.45) is 0 Å². The molecule has 2 aliphatic rings. The number of ether oxygens (including phenoxy) is 1. The molecule has 6 heteroatoms. The van der Waals surface area contributed by atoms with Crippen LogP contribution >= 0.6 is 0 Å². The Bertz CT molecular complexity index is 1160. The van der Waals surface area contributed by atoms with E-state index in [4.69, 9.17) is 9.15 Å². The Kier molecular flexibility index (Phi) is 7.26. The van der Waals surface area contributed by atoms with Gasteiger partial charge in [0.1, 0.15) is 11.4 Å². The zero-order valence-corrected chi connectivity index (χ0v) is 23.9. The number of piperidine rings is 1. The van der Waals surface area contributed by atoms with Crippen LogP contribution in [0.5, 0.6) is 0 Å². The van der Waals surface area contributed by atoms with Crippen LogP contribution in [0.4, 0.5) is 4.79 Å². The first kappa shape index (κ1) is 27.3. The summed E-state index contributed by atoms with van der Waals surface area (Å²) in [5.41, 5.74) is 5.25. The molecular weight excluding hydrogens is 464 g/mol. The maximum atomic E-state index is 13.1. The molecule has 0 atom stereocenters. The summed E-state index contributed by atoms with van der Waals surface area (Å²) in [6.45, 7) is 18.2. The van der Waals surface area contributed by atoms with Gasteiger partial charge in [-0.2, -0.15) is 0 Å². The third-order valence-corrected chi connectivity index (χ3v) is 8.05. The topological polar surface area (TPSA) is 71.8 Å². The average molecular weight is 509 g/mol. The minimum absolute atomic E-state index is 0.00674. The molecule has 2 aromatic rings. The van der Waals surface area contributed by atoms with Gasteiger partial charge in [0, 0.05) is 25.6 Å². The number of carbonyl (C=O) groups excluding carboxylic acids is 2. The second-order valence-corrected chi connectivity index (χ2v) is 13.2. The summed E-state index contributed by atoms with van der Waals surface area (Å²) < 4.78 is 11.4. The van der Waals surface area contributed by atoms with E-state index in [0.717, 1.165) is 5.76 Å². The number of hydrogen-bond acceptors (Lipinski definition) is 4. The fourth-order valence-electron chi connectivity index (χ4n) is 5.59. The maximum absolute atomic E-state index is 13.1. The Morgan fingerprint density at radius 1 is 1.03 bits per heavy atom. The lowest BCUT2D eigenvalue weighted by Crippen LogP contribution is -2.47. The zero-order valence-electron chi connectivity index (χ0n) is 23.9. The van der Waals surface area contributed by atoms with E-state index in [-0.39, 0.29) is 22.8 Å². The molecule has 1 aliphatic heterocycles. The van der Waals surface area contributed by atoms with Crippen molar-refractivity contribution in [2.75, 3.05) is 13.1 Å². The van der Waals surface area contributed by atoms with Gasteiger partial charge in [0.25, 0.3) is 5.91 Å². The first-order valence-corrected chi connectivity index (χ1v) is 13.7. The fraction of sp³-hybridized carbons (Fsp3) is 0.613. The smallest absolute Gasteiger partial charge is 0.407 e. The van der Waals surface area contributed by atoms with Crippen molar-refractivity contribution in [3.63, 3.8) is 0 Å². The largest absolute Gasteiger partial charge is 0.456 e. The zero-order chi connectivity index (χ0) is 27.2. The molecule has 2 amide bonds. The van der Waals surface area contributed by atoms with Gasteiger partial charge in [-0.15, -0.1) is 0 Å². The van der Waals surface area contributed by atoms with Gasteiger partial charge in [0.05, 0.1) is 0 Å². The second-order valence-electron chi connectivity index (χ2n) is 13.2. The van der Waals surface area contributed by atoms with Gasteiger partial charge in [-0.25, -0.2) is 4.79 Å².